The van der Waals surface area contributed by atoms with Crippen LogP contribution in [0.1, 0.15) is 11.1 Å². The van der Waals surface area contributed by atoms with Gasteiger partial charge in [0.25, 0.3) is 0 Å². The summed E-state index contributed by atoms with van der Waals surface area (Å²) in [5.41, 5.74) is 7.73. The Morgan fingerprint density at radius 3 is 2.78 bits per heavy atom. The number of hydrogen-bond donors (Lipinski definition) is 2. The fourth-order valence-corrected chi connectivity index (χ4v) is 3.53. The van der Waals surface area contributed by atoms with Crippen molar-refractivity contribution in [3.8, 4) is 0 Å². The average molecular weight is 282 g/mol. The smallest absolute Gasteiger partial charge is 0.241 e. The monoisotopic (exact) mass is 282 g/mol. The summed E-state index contributed by atoms with van der Waals surface area (Å²) in [6, 6.07) is 6.77. The van der Waals surface area contributed by atoms with Crippen LogP contribution < -0.4 is 10.5 Å². The molecule has 0 fully saturated rings. The van der Waals surface area contributed by atoms with Crippen molar-refractivity contribution in [2.75, 3.05) is 5.73 Å². The molecule has 1 aromatic heterocycles. The first-order chi connectivity index (χ1) is 8.50. The van der Waals surface area contributed by atoms with Gasteiger partial charge in [-0.15, -0.1) is 0 Å². The van der Waals surface area contributed by atoms with Crippen molar-refractivity contribution in [2.45, 2.75) is 18.4 Å². The summed E-state index contributed by atoms with van der Waals surface area (Å²) in [5.74, 6) is 0. The molecule has 6 heteroatoms. The van der Waals surface area contributed by atoms with Crippen molar-refractivity contribution in [1.29, 1.82) is 0 Å². The second kappa shape index (κ2) is 5.09. The number of benzene rings is 1. The van der Waals surface area contributed by atoms with Gasteiger partial charge in [-0.2, -0.15) is 11.3 Å². The third-order valence-electron chi connectivity index (χ3n) is 2.66. The molecule has 0 radical (unpaired) electrons. The molecule has 0 spiro atoms. The number of anilines is 1. The molecule has 2 aromatic rings. The quantitative estimate of drug-likeness (QED) is 0.844. The van der Waals surface area contributed by atoms with Crippen LogP contribution in [0, 0.1) is 6.92 Å². The van der Waals surface area contributed by atoms with E-state index in [0.717, 1.165) is 5.56 Å². The minimum absolute atomic E-state index is 0.234. The lowest BCUT2D eigenvalue weighted by atomic mass is 10.2. The standard InChI is InChI=1S/C12H14N2O2S2/c1-9-11(13)3-2-4-12(9)18(15,16)14-7-10-5-6-17-8-10/h2-6,8,14H,7,13H2,1H3. The SMILES string of the molecule is Cc1c(N)cccc1S(=O)(=O)NCc1ccsc1. The maximum Gasteiger partial charge on any atom is 0.241 e. The number of sulfonamides is 1. The molecule has 0 unspecified atom stereocenters. The Labute approximate surface area is 111 Å². The molecule has 0 atom stereocenters. The molecule has 0 amide bonds. The summed E-state index contributed by atoms with van der Waals surface area (Å²) in [5, 5.41) is 3.82. The third kappa shape index (κ3) is 2.72. The molecule has 0 aliphatic carbocycles. The largest absolute Gasteiger partial charge is 0.398 e. The Bertz CT molecular complexity index is 634. The predicted octanol–water partition coefficient (Wildman–Crippen LogP) is 2.12. The lowest BCUT2D eigenvalue weighted by Gasteiger charge is -2.10. The van der Waals surface area contributed by atoms with E-state index in [0.29, 0.717) is 17.8 Å². The molecule has 0 aliphatic rings. The predicted molar refractivity (Wildman–Crippen MR) is 73.9 cm³/mol. The third-order valence-corrected chi connectivity index (χ3v) is 4.94. The second-order valence-corrected chi connectivity index (χ2v) is 6.44. The van der Waals surface area contributed by atoms with Gasteiger partial charge in [-0.05, 0) is 47.0 Å². The van der Waals surface area contributed by atoms with Gasteiger partial charge in [0.2, 0.25) is 10.0 Å². The second-order valence-electron chi connectivity index (χ2n) is 3.93. The van der Waals surface area contributed by atoms with Gasteiger partial charge in [0.15, 0.2) is 0 Å². The number of thiophene rings is 1. The Balaban J connectivity index is 2.23. The Hall–Kier alpha value is -1.37. The lowest BCUT2D eigenvalue weighted by molar-refractivity contribution is 0.581. The van der Waals surface area contributed by atoms with E-state index >= 15 is 0 Å². The fourth-order valence-electron chi connectivity index (χ4n) is 1.57. The van der Waals surface area contributed by atoms with Crippen LogP contribution in [0.5, 0.6) is 0 Å². The molecule has 0 bridgehead atoms. The van der Waals surface area contributed by atoms with E-state index in [1.165, 1.54) is 11.3 Å². The molecule has 0 saturated heterocycles. The Morgan fingerprint density at radius 1 is 1.33 bits per heavy atom. The highest BCUT2D eigenvalue weighted by Gasteiger charge is 2.17. The fraction of sp³-hybridized carbons (Fsp3) is 0.167. The van der Waals surface area contributed by atoms with Crippen molar-refractivity contribution in [3.05, 3.63) is 46.2 Å². The number of nitrogens with two attached hydrogens (primary N) is 1. The van der Waals surface area contributed by atoms with Gasteiger partial charge in [0.05, 0.1) is 4.90 Å². The lowest BCUT2D eigenvalue weighted by Crippen LogP contribution is -2.24. The Kier molecular flexibility index (Phi) is 3.70. The van der Waals surface area contributed by atoms with Gasteiger partial charge < -0.3 is 5.73 Å². The highest BCUT2D eigenvalue weighted by Crippen LogP contribution is 2.20. The summed E-state index contributed by atoms with van der Waals surface area (Å²) in [6.07, 6.45) is 0. The van der Waals surface area contributed by atoms with Gasteiger partial charge in [-0.1, -0.05) is 6.07 Å². The molecule has 1 aromatic carbocycles. The van der Waals surface area contributed by atoms with E-state index in [2.05, 4.69) is 4.72 Å². The van der Waals surface area contributed by atoms with Crippen LogP contribution in [0.3, 0.4) is 0 Å². The van der Waals surface area contributed by atoms with Gasteiger partial charge in [0.1, 0.15) is 0 Å². The first kappa shape index (κ1) is 13.1. The van der Waals surface area contributed by atoms with Crippen molar-refractivity contribution in [3.63, 3.8) is 0 Å². The highest BCUT2D eigenvalue weighted by atomic mass is 32.2. The van der Waals surface area contributed by atoms with Crippen LogP contribution in [-0.4, -0.2) is 8.42 Å². The summed E-state index contributed by atoms with van der Waals surface area (Å²) in [7, 11) is -3.51. The molecule has 18 heavy (non-hydrogen) atoms. The van der Waals surface area contributed by atoms with Crippen molar-refractivity contribution < 1.29 is 8.42 Å². The molecule has 3 N–H and O–H groups in total. The zero-order valence-corrected chi connectivity index (χ0v) is 11.5. The van der Waals surface area contributed by atoms with Gasteiger partial charge in [-0.3, -0.25) is 0 Å². The zero-order valence-electron chi connectivity index (χ0n) is 9.88. The number of hydrogen-bond acceptors (Lipinski definition) is 4. The van der Waals surface area contributed by atoms with E-state index in [4.69, 9.17) is 5.73 Å². The first-order valence-electron chi connectivity index (χ1n) is 5.36. The molecule has 1 heterocycles. The Morgan fingerprint density at radius 2 is 2.11 bits per heavy atom. The van der Waals surface area contributed by atoms with Gasteiger partial charge in [0, 0.05) is 12.2 Å². The zero-order chi connectivity index (χ0) is 13.2. The normalized spacial score (nSPS) is 11.6. The average Bonchev–Trinajstić information content (AvgIpc) is 2.83. The number of rotatable bonds is 4. The van der Waals surface area contributed by atoms with E-state index in [9.17, 15) is 8.42 Å². The van der Waals surface area contributed by atoms with E-state index in [1.54, 1.807) is 25.1 Å². The summed E-state index contributed by atoms with van der Waals surface area (Å²) in [4.78, 5) is 0.234. The maximum absolute atomic E-state index is 12.1. The van der Waals surface area contributed by atoms with Crippen LogP contribution in [0.15, 0.2) is 39.9 Å². The van der Waals surface area contributed by atoms with E-state index in [1.807, 2.05) is 16.8 Å². The number of nitrogen functional groups attached to an aromatic ring is 1. The summed E-state index contributed by atoms with van der Waals surface area (Å²) in [6.45, 7) is 1.99. The molecule has 4 nitrogen and oxygen atoms in total. The molecule has 96 valence electrons. The van der Waals surface area contributed by atoms with Gasteiger partial charge in [-0.25, -0.2) is 13.1 Å². The van der Waals surface area contributed by atoms with Crippen molar-refractivity contribution >= 4 is 27.0 Å². The molecular formula is C12H14N2O2S2. The van der Waals surface area contributed by atoms with Crippen LogP contribution in [0.4, 0.5) is 5.69 Å². The highest BCUT2D eigenvalue weighted by molar-refractivity contribution is 7.89. The maximum atomic E-state index is 12.1. The minimum Gasteiger partial charge on any atom is -0.398 e. The summed E-state index contributed by atoms with van der Waals surface area (Å²) < 4.78 is 26.8. The van der Waals surface area contributed by atoms with Crippen molar-refractivity contribution in [2.24, 2.45) is 0 Å². The van der Waals surface area contributed by atoms with Crippen LogP contribution in [0.25, 0.3) is 0 Å². The minimum atomic E-state index is -3.51. The van der Waals surface area contributed by atoms with E-state index in [-0.39, 0.29) is 4.90 Å². The van der Waals surface area contributed by atoms with Gasteiger partial charge >= 0.3 is 0 Å². The van der Waals surface area contributed by atoms with Crippen LogP contribution in [-0.2, 0) is 16.6 Å². The topological polar surface area (TPSA) is 72.2 Å². The van der Waals surface area contributed by atoms with Crippen molar-refractivity contribution in [1.82, 2.24) is 4.72 Å². The van der Waals surface area contributed by atoms with E-state index < -0.39 is 10.0 Å². The molecule has 0 saturated carbocycles. The number of nitrogens with one attached hydrogen (secondary N) is 1. The molecule has 0 aliphatic heterocycles. The molecular weight excluding hydrogens is 268 g/mol. The van der Waals surface area contributed by atoms with Crippen LogP contribution >= 0.6 is 11.3 Å². The molecule has 2 rings (SSSR count). The first-order valence-corrected chi connectivity index (χ1v) is 7.79. The summed E-state index contributed by atoms with van der Waals surface area (Å²) >= 11 is 1.54. The van der Waals surface area contributed by atoms with Crippen LogP contribution in [0.2, 0.25) is 0 Å².